The maximum absolute atomic E-state index is 10.9. The van der Waals surface area contributed by atoms with Gasteiger partial charge in [0.15, 0.2) is 0 Å². The lowest BCUT2D eigenvalue weighted by Crippen LogP contribution is -2.26. The van der Waals surface area contributed by atoms with Gasteiger partial charge in [-0.15, -0.1) is 0 Å². The molecule has 0 radical (unpaired) electrons. The van der Waals surface area contributed by atoms with E-state index in [0.717, 1.165) is 16.7 Å². The fourth-order valence-corrected chi connectivity index (χ4v) is 2.31. The molecule has 0 fully saturated rings. The van der Waals surface area contributed by atoms with Crippen LogP contribution in [0.5, 0.6) is 5.75 Å². The molecule has 0 aliphatic rings. The van der Waals surface area contributed by atoms with E-state index in [1.54, 1.807) is 26.3 Å². The molecule has 1 unspecified atom stereocenters. The quantitative estimate of drug-likeness (QED) is 0.919. The van der Waals surface area contributed by atoms with Gasteiger partial charge in [-0.25, -0.2) is 0 Å². The number of rotatable bonds is 3. The molecular weight excluding hydrogens is 238 g/mol. The zero-order chi connectivity index (χ0) is 14.0. The molecule has 3 heteroatoms. The van der Waals surface area contributed by atoms with E-state index in [9.17, 15) is 5.11 Å². The Labute approximate surface area is 113 Å². The van der Waals surface area contributed by atoms with Crippen molar-refractivity contribution in [1.82, 2.24) is 4.98 Å². The van der Waals surface area contributed by atoms with E-state index in [4.69, 9.17) is 4.74 Å². The molecular formula is C16H19NO2. The molecule has 0 bridgehead atoms. The smallest absolute Gasteiger partial charge is 0.143 e. The van der Waals surface area contributed by atoms with Gasteiger partial charge in [0.1, 0.15) is 17.0 Å². The highest BCUT2D eigenvalue weighted by atomic mass is 16.5. The molecule has 1 heterocycles. The molecule has 0 aliphatic carbocycles. The maximum Gasteiger partial charge on any atom is 0.143 e. The summed E-state index contributed by atoms with van der Waals surface area (Å²) < 4.78 is 5.30. The average Bonchev–Trinajstić information content (AvgIpc) is 2.41. The number of benzene rings is 1. The highest BCUT2D eigenvalue weighted by Gasteiger charge is 2.31. The minimum Gasteiger partial charge on any atom is -0.495 e. The van der Waals surface area contributed by atoms with E-state index in [2.05, 4.69) is 4.98 Å². The molecule has 2 rings (SSSR count). The standard InChI is InChI=1S/C16H19NO2/c1-11-7-8-12(2)13(10-11)16(3,18)15-14(19-4)6-5-9-17-15/h5-10,18H,1-4H3. The molecule has 1 atom stereocenters. The Bertz CT molecular complexity index is 591. The van der Waals surface area contributed by atoms with E-state index < -0.39 is 5.60 Å². The molecule has 100 valence electrons. The molecule has 3 nitrogen and oxygen atoms in total. The summed E-state index contributed by atoms with van der Waals surface area (Å²) in [6.07, 6.45) is 1.66. The minimum atomic E-state index is -1.18. The fourth-order valence-electron chi connectivity index (χ4n) is 2.31. The summed E-state index contributed by atoms with van der Waals surface area (Å²) in [5.41, 5.74) is 2.35. The number of aliphatic hydroxyl groups is 1. The lowest BCUT2D eigenvalue weighted by atomic mass is 9.87. The van der Waals surface area contributed by atoms with Gasteiger partial charge in [0.2, 0.25) is 0 Å². The number of ether oxygens (including phenoxy) is 1. The Morgan fingerprint density at radius 1 is 1.21 bits per heavy atom. The number of hydrogen-bond acceptors (Lipinski definition) is 3. The Morgan fingerprint density at radius 3 is 2.63 bits per heavy atom. The van der Waals surface area contributed by atoms with E-state index in [1.165, 1.54) is 0 Å². The average molecular weight is 257 g/mol. The zero-order valence-electron chi connectivity index (χ0n) is 11.8. The van der Waals surface area contributed by atoms with Crippen molar-refractivity contribution in [1.29, 1.82) is 0 Å². The van der Waals surface area contributed by atoms with Gasteiger partial charge in [-0.1, -0.05) is 23.8 Å². The second-order valence-corrected chi connectivity index (χ2v) is 4.94. The Morgan fingerprint density at radius 2 is 1.95 bits per heavy atom. The lowest BCUT2D eigenvalue weighted by molar-refractivity contribution is 0.0931. The van der Waals surface area contributed by atoms with Crippen LogP contribution in [0.1, 0.15) is 29.3 Å². The molecule has 0 aliphatic heterocycles. The van der Waals surface area contributed by atoms with Gasteiger partial charge in [-0.2, -0.15) is 0 Å². The predicted octanol–water partition coefficient (Wildman–Crippen LogP) is 2.96. The first-order valence-electron chi connectivity index (χ1n) is 6.26. The number of aryl methyl sites for hydroxylation is 2. The fraction of sp³-hybridized carbons (Fsp3) is 0.312. The molecule has 0 saturated heterocycles. The molecule has 1 N–H and O–H groups in total. The van der Waals surface area contributed by atoms with Crippen molar-refractivity contribution in [3.05, 3.63) is 58.9 Å². The third-order valence-electron chi connectivity index (χ3n) is 3.37. The van der Waals surface area contributed by atoms with Gasteiger partial charge in [-0.3, -0.25) is 4.98 Å². The van der Waals surface area contributed by atoms with Crippen LogP contribution in [0.2, 0.25) is 0 Å². The van der Waals surface area contributed by atoms with Crippen LogP contribution in [0.25, 0.3) is 0 Å². The number of nitrogens with zero attached hydrogens (tertiary/aromatic N) is 1. The van der Waals surface area contributed by atoms with Crippen LogP contribution in [-0.4, -0.2) is 17.2 Å². The number of aromatic nitrogens is 1. The van der Waals surface area contributed by atoms with Gasteiger partial charge >= 0.3 is 0 Å². The second kappa shape index (κ2) is 5.02. The van der Waals surface area contributed by atoms with Crippen LogP contribution >= 0.6 is 0 Å². The molecule has 19 heavy (non-hydrogen) atoms. The van der Waals surface area contributed by atoms with Crippen molar-refractivity contribution < 1.29 is 9.84 Å². The molecule has 1 aromatic carbocycles. The van der Waals surface area contributed by atoms with Gasteiger partial charge in [-0.05, 0) is 44.0 Å². The van der Waals surface area contributed by atoms with Crippen molar-refractivity contribution in [2.45, 2.75) is 26.4 Å². The van der Waals surface area contributed by atoms with Crippen molar-refractivity contribution in [2.75, 3.05) is 7.11 Å². The van der Waals surface area contributed by atoms with Gasteiger partial charge in [0.25, 0.3) is 0 Å². The van der Waals surface area contributed by atoms with Crippen molar-refractivity contribution in [3.8, 4) is 5.75 Å². The van der Waals surface area contributed by atoms with Gasteiger partial charge in [0, 0.05) is 6.20 Å². The van der Waals surface area contributed by atoms with Crippen LogP contribution in [-0.2, 0) is 5.60 Å². The van der Waals surface area contributed by atoms with Crippen molar-refractivity contribution >= 4 is 0 Å². The third-order valence-corrected chi connectivity index (χ3v) is 3.37. The summed E-state index contributed by atoms with van der Waals surface area (Å²) in [7, 11) is 1.58. The summed E-state index contributed by atoms with van der Waals surface area (Å²) in [6.45, 7) is 5.74. The topological polar surface area (TPSA) is 42.4 Å². The molecule has 0 amide bonds. The highest BCUT2D eigenvalue weighted by molar-refractivity contribution is 5.44. The lowest BCUT2D eigenvalue weighted by Gasteiger charge is -2.27. The first kappa shape index (κ1) is 13.6. The van der Waals surface area contributed by atoms with Crippen LogP contribution in [0.4, 0.5) is 0 Å². The minimum absolute atomic E-state index is 0.534. The number of hydrogen-bond donors (Lipinski definition) is 1. The maximum atomic E-state index is 10.9. The SMILES string of the molecule is COc1cccnc1C(C)(O)c1cc(C)ccc1C. The molecule has 2 aromatic rings. The molecule has 0 saturated carbocycles. The highest BCUT2D eigenvalue weighted by Crippen LogP contribution is 2.35. The van der Waals surface area contributed by atoms with Gasteiger partial charge in [0.05, 0.1) is 7.11 Å². The summed E-state index contributed by atoms with van der Waals surface area (Å²) >= 11 is 0. The Kier molecular flexibility index (Phi) is 3.58. The van der Waals surface area contributed by atoms with E-state index in [1.807, 2.05) is 38.1 Å². The van der Waals surface area contributed by atoms with Crippen LogP contribution in [0.15, 0.2) is 36.5 Å². The predicted molar refractivity (Wildman–Crippen MR) is 75.4 cm³/mol. The molecule has 0 spiro atoms. The van der Waals surface area contributed by atoms with E-state index in [-0.39, 0.29) is 0 Å². The molecule has 1 aromatic heterocycles. The summed E-state index contributed by atoms with van der Waals surface area (Å²) in [5.74, 6) is 0.591. The first-order valence-corrected chi connectivity index (χ1v) is 6.26. The van der Waals surface area contributed by atoms with Crippen LogP contribution in [0.3, 0.4) is 0 Å². The van der Waals surface area contributed by atoms with Crippen molar-refractivity contribution in [3.63, 3.8) is 0 Å². The van der Waals surface area contributed by atoms with E-state index in [0.29, 0.717) is 11.4 Å². The largest absolute Gasteiger partial charge is 0.495 e. The van der Waals surface area contributed by atoms with Gasteiger partial charge < -0.3 is 9.84 Å². The summed E-state index contributed by atoms with van der Waals surface area (Å²) in [4.78, 5) is 4.29. The Hall–Kier alpha value is -1.87. The van der Waals surface area contributed by atoms with Crippen LogP contribution in [0, 0.1) is 13.8 Å². The first-order chi connectivity index (χ1) is 8.96. The number of methoxy groups -OCH3 is 1. The normalized spacial score (nSPS) is 13.9. The zero-order valence-corrected chi connectivity index (χ0v) is 11.8. The number of pyridine rings is 1. The van der Waals surface area contributed by atoms with Crippen LogP contribution < -0.4 is 4.74 Å². The monoisotopic (exact) mass is 257 g/mol. The third kappa shape index (κ3) is 2.47. The second-order valence-electron chi connectivity index (χ2n) is 4.94. The summed E-state index contributed by atoms with van der Waals surface area (Å²) in [6, 6.07) is 9.63. The van der Waals surface area contributed by atoms with E-state index >= 15 is 0 Å². The van der Waals surface area contributed by atoms with Crippen molar-refractivity contribution in [2.24, 2.45) is 0 Å². The summed E-state index contributed by atoms with van der Waals surface area (Å²) in [5, 5.41) is 10.9. The Balaban J connectivity index is 2.61.